The van der Waals surface area contributed by atoms with E-state index in [1.807, 2.05) is 55.4 Å². The van der Waals surface area contributed by atoms with Crippen LogP contribution in [-0.2, 0) is 38.1 Å². The Labute approximate surface area is 268 Å². The molecule has 0 bridgehead atoms. The van der Waals surface area contributed by atoms with Crippen molar-refractivity contribution in [2.24, 2.45) is 0 Å². The van der Waals surface area contributed by atoms with Gasteiger partial charge in [0, 0.05) is 13.1 Å². The first-order valence-electron chi connectivity index (χ1n) is 15.5. The van der Waals surface area contributed by atoms with E-state index in [0.29, 0.717) is 32.8 Å². The number of rotatable bonds is 18. The maximum absolute atomic E-state index is 12.2. The predicted molar refractivity (Wildman–Crippen MR) is 174 cm³/mol. The third-order valence-corrected chi connectivity index (χ3v) is 6.61. The van der Waals surface area contributed by atoms with Crippen molar-refractivity contribution in [2.75, 3.05) is 59.5 Å². The molecule has 2 unspecified atom stereocenters. The van der Waals surface area contributed by atoms with E-state index in [-0.39, 0.29) is 83.1 Å². The summed E-state index contributed by atoms with van der Waals surface area (Å²) < 4.78 is 26.9. The van der Waals surface area contributed by atoms with E-state index in [0.717, 1.165) is 32.4 Å². The standard InChI is InChI=1S/C16H32N2O4.C14H26N2O4.2CH4/c1-13(2)21-11-10-20-9-8-18-7-5-6-15(18)16(19)17-12-22-14(3)4;1-10(2)19-8-13(17)16-7-5-6-12(16)14(18)15-9-20-11(3)4;;/h13-15H,5-12H2,1-4H3,(H,17,19);10-12H,5-9H2,1-4H3,(H,15,18);2*1H4. The lowest BCUT2D eigenvalue weighted by atomic mass is 10.2. The summed E-state index contributed by atoms with van der Waals surface area (Å²) in [6.45, 7) is 20.2. The van der Waals surface area contributed by atoms with Crippen molar-refractivity contribution in [1.82, 2.24) is 20.4 Å². The Balaban J connectivity index is 0. The number of nitrogens with zero attached hydrogens (tertiary/aromatic N) is 2. The molecule has 12 nitrogen and oxygen atoms in total. The molecule has 2 rings (SSSR count). The molecule has 44 heavy (non-hydrogen) atoms. The van der Waals surface area contributed by atoms with E-state index in [4.69, 9.17) is 23.7 Å². The molecule has 0 spiro atoms. The van der Waals surface area contributed by atoms with E-state index < -0.39 is 6.04 Å². The van der Waals surface area contributed by atoms with Crippen LogP contribution in [0.3, 0.4) is 0 Å². The van der Waals surface area contributed by atoms with Crippen LogP contribution in [0.4, 0.5) is 0 Å². The van der Waals surface area contributed by atoms with Crippen molar-refractivity contribution in [3.05, 3.63) is 0 Å². The lowest BCUT2D eigenvalue weighted by Gasteiger charge is -2.24. The largest absolute Gasteiger partial charge is 0.378 e. The predicted octanol–water partition coefficient (Wildman–Crippen LogP) is 3.56. The van der Waals surface area contributed by atoms with Crippen LogP contribution in [0.1, 0.15) is 95.9 Å². The minimum atomic E-state index is -0.394. The van der Waals surface area contributed by atoms with E-state index in [9.17, 15) is 14.4 Å². The SMILES string of the molecule is C.C.CC(C)OCCOCCN1CCCC1C(=O)NCOC(C)C.CC(C)OCNC(=O)C1CCCN1C(=O)COC(C)C. The van der Waals surface area contributed by atoms with Crippen LogP contribution in [0.5, 0.6) is 0 Å². The molecule has 2 saturated heterocycles. The van der Waals surface area contributed by atoms with Gasteiger partial charge in [-0.05, 0) is 87.6 Å². The van der Waals surface area contributed by atoms with E-state index in [1.165, 1.54) is 0 Å². The van der Waals surface area contributed by atoms with Gasteiger partial charge in [-0.25, -0.2) is 0 Å². The number of hydrogen-bond acceptors (Lipinski definition) is 9. The number of nitrogens with one attached hydrogen (secondary N) is 2. The average Bonchev–Trinajstić information content (AvgIpc) is 3.59. The molecular weight excluding hydrogens is 568 g/mol. The summed E-state index contributed by atoms with van der Waals surface area (Å²) in [5.41, 5.74) is 0. The van der Waals surface area contributed by atoms with Crippen LogP contribution < -0.4 is 10.6 Å². The molecule has 2 aliphatic heterocycles. The fourth-order valence-corrected chi connectivity index (χ4v) is 4.47. The summed E-state index contributed by atoms with van der Waals surface area (Å²) in [7, 11) is 0. The number of ether oxygens (including phenoxy) is 5. The van der Waals surface area contributed by atoms with Crippen LogP contribution in [0.2, 0.25) is 0 Å². The number of hydrogen-bond donors (Lipinski definition) is 2. The molecule has 0 aromatic carbocycles. The molecular formula is C32H66N4O8. The molecule has 2 fully saturated rings. The summed E-state index contributed by atoms with van der Waals surface area (Å²) in [6, 6.07) is -0.444. The number of amides is 3. The molecule has 0 aromatic rings. The van der Waals surface area contributed by atoms with Gasteiger partial charge in [-0.2, -0.15) is 0 Å². The molecule has 0 aromatic heterocycles. The Bertz CT molecular complexity index is 767. The van der Waals surface area contributed by atoms with Crippen molar-refractivity contribution in [3.63, 3.8) is 0 Å². The highest BCUT2D eigenvalue weighted by Gasteiger charge is 2.34. The molecule has 3 amide bonds. The van der Waals surface area contributed by atoms with Crippen molar-refractivity contribution in [2.45, 2.75) is 132 Å². The van der Waals surface area contributed by atoms with Crippen LogP contribution in [0.25, 0.3) is 0 Å². The van der Waals surface area contributed by atoms with Gasteiger partial charge >= 0.3 is 0 Å². The Morgan fingerprint density at radius 3 is 1.70 bits per heavy atom. The monoisotopic (exact) mass is 634 g/mol. The molecule has 12 heteroatoms. The molecule has 0 radical (unpaired) electrons. The van der Waals surface area contributed by atoms with Gasteiger partial charge in [0.05, 0.1) is 50.3 Å². The summed E-state index contributed by atoms with van der Waals surface area (Å²) in [5.74, 6) is -0.219. The maximum Gasteiger partial charge on any atom is 0.249 e. The number of likely N-dealkylation sites (tertiary alicyclic amines) is 2. The normalized spacial score (nSPS) is 18.2. The van der Waals surface area contributed by atoms with Gasteiger partial charge in [-0.1, -0.05) is 14.9 Å². The van der Waals surface area contributed by atoms with Crippen molar-refractivity contribution >= 4 is 17.7 Å². The highest BCUT2D eigenvalue weighted by molar-refractivity contribution is 5.88. The average molecular weight is 635 g/mol. The second-order valence-corrected chi connectivity index (χ2v) is 11.6. The zero-order valence-electron chi connectivity index (χ0n) is 27.3. The number of carbonyl (C=O) groups excluding carboxylic acids is 3. The third kappa shape index (κ3) is 19.5. The lowest BCUT2D eigenvalue weighted by molar-refractivity contribution is -0.143. The smallest absolute Gasteiger partial charge is 0.249 e. The summed E-state index contributed by atoms with van der Waals surface area (Å²) >= 11 is 0. The molecule has 2 heterocycles. The lowest BCUT2D eigenvalue weighted by Crippen LogP contribution is -2.47. The zero-order chi connectivity index (χ0) is 31.5. The first-order chi connectivity index (χ1) is 19.9. The molecule has 2 N–H and O–H groups in total. The van der Waals surface area contributed by atoms with Gasteiger partial charge < -0.3 is 39.2 Å². The molecule has 0 aliphatic carbocycles. The maximum atomic E-state index is 12.2. The Hall–Kier alpha value is -1.83. The minimum Gasteiger partial charge on any atom is -0.378 e. The second kappa shape index (κ2) is 25.4. The molecule has 2 aliphatic rings. The fourth-order valence-electron chi connectivity index (χ4n) is 4.47. The Morgan fingerprint density at radius 2 is 1.16 bits per heavy atom. The van der Waals surface area contributed by atoms with Gasteiger partial charge in [0.25, 0.3) is 0 Å². The highest BCUT2D eigenvalue weighted by atomic mass is 16.5. The van der Waals surface area contributed by atoms with Gasteiger partial charge in [-0.3, -0.25) is 19.3 Å². The van der Waals surface area contributed by atoms with Crippen molar-refractivity contribution in [3.8, 4) is 0 Å². The van der Waals surface area contributed by atoms with Crippen LogP contribution in [-0.4, -0.2) is 124 Å². The first-order valence-corrected chi connectivity index (χ1v) is 15.5. The molecule has 262 valence electrons. The van der Waals surface area contributed by atoms with Crippen LogP contribution in [0.15, 0.2) is 0 Å². The topological polar surface area (TPSA) is 128 Å². The summed E-state index contributed by atoms with van der Waals surface area (Å²) in [4.78, 5) is 40.0. The van der Waals surface area contributed by atoms with Crippen molar-refractivity contribution < 1.29 is 38.1 Å². The third-order valence-electron chi connectivity index (χ3n) is 6.61. The van der Waals surface area contributed by atoms with E-state index in [1.54, 1.807) is 4.90 Å². The molecule has 2 atom stereocenters. The highest BCUT2D eigenvalue weighted by Crippen LogP contribution is 2.18. The van der Waals surface area contributed by atoms with Gasteiger partial charge in [0.1, 0.15) is 26.1 Å². The van der Waals surface area contributed by atoms with Gasteiger partial charge in [0.15, 0.2) is 0 Å². The molecule has 0 saturated carbocycles. The van der Waals surface area contributed by atoms with Crippen LogP contribution in [0, 0.1) is 0 Å². The van der Waals surface area contributed by atoms with Gasteiger partial charge in [-0.15, -0.1) is 0 Å². The van der Waals surface area contributed by atoms with E-state index in [2.05, 4.69) is 15.5 Å². The van der Waals surface area contributed by atoms with E-state index >= 15 is 0 Å². The zero-order valence-corrected chi connectivity index (χ0v) is 27.3. The van der Waals surface area contributed by atoms with Gasteiger partial charge in [0.2, 0.25) is 17.7 Å². The van der Waals surface area contributed by atoms with Crippen molar-refractivity contribution in [1.29, 1.82) is 0 Å². The Morgan fingerprint density at radius 1 is 0.659 bits per heavy atom. The number of carbonyl (C=O) groups is 3. The quantitative estimate of drug-likeness (QED) is 0.172. The fraction of sp³-hybridized carbons (Fsp3) is 0.906. The minimum absolute atomic E-state index is 0. The van der Waals surface area contributed by atoms with Crippen LogP contribution >= 0.6 is 0 Å². The summed E-state index contributed by atoms with van der Waals surface area (Å²) in [6.07, 6.45) is 3.94. The first kappa shape index (κ1) is 44.3. The summed E-state index contributed by atoms with van der Waals surface area (Å²) in [5, 5.41) is 5.56. The second-order valence-electron chi connectivity index (χ2n) is 11.6. The Kier molecular flexibility index (Phi) is 25.5.